The van der Waals surface area contributed by atoms with Gasteiger partial charge in [-0.1, -0.05) is 12.1 Å². The van der Waals surface area contributed by atoms with E-state index in [9.17, 15) is 13.6 Å². The Kier molecular flexibility index (Phi) is 6.90. The number of hydrogen-bond acceptors (Lipinski definition) is 7. The largest absolute Gasteiger partial charge is 0.396 e. The van der Waals surface area contributed by atoms with E-state index in [0.29, 0.717) is 18.1 Å². The lowest BCUT2D eigenvalue weighted by molar-refractivity contribution is 0.0162. The van der Waals surface area contributed by atoms with Gasteiger partial charge in [0.05, 0.1) is 30.1 Å². The van der Waals surface area contributed by atoms with Gasteiger partial charge in [-0.25, -0.2) is 19.2 Å². The van der Waals surface area contributed by atoms with E-state index in [0.717, 1.165) is 28.6 Å². The molecule has 174 valence electrons. The van der Waals surface area contributed by atoms with E-state index in [2.05, 4.69) is 20.1 Å². The van der Waals surface area contributed by atoms with Crippen LogP contribution in [0, 0.1) is 11.6 Å². The van der Waals surface area contributed by atoms with Crippen LogP contribution >= 0.6 is 0 Å². The molecule has 2 aromatic carbocycles. The quantitative estimate of drug-likeness (QED) is 0.232. The zero-order valence-corrected chi connectivity index (χ0v) is 17.9. The van der Waals surface area contributed by atoms with E-state index in [1.807, 2.05) is 35.8 Å². The molecule has 0 fully saturated rings. The molecule has 2 aromatic heterocycles. The molecule has 1 amide bonds. The van der Waals surface area contributed by atoms with Crippen molar-refractivity contribution < 1.29 is 23.5 Å². The molecule has 0 radical (unpaired) electrons. The van der Waals surface area contributed by atoms with Crippen LogP contribution < -0.4 is 16.5 Å². The molecule has 0 atom stereocenters. The van der Waals surface area contributed by atoms with Crippen LogP contribution in [0.4, 0.5) is 20.3 Å². The predicted molar refractivity (Wildman–Crippen MR) is 124 cm³/mol. The molecule has 0 aliphatic carbocycles. The minimum Gasteiger partial charge on any atom is -0.396 e. The molecule has 0 spiro atoms. The summed E-state index contributed by atoms with van der Waals surface area (Å²) in [7, 11) is 0. The first-order chi connectivity index (χ1) is 16.5. The van der Waals surface area contributed by atoms with E-state index in [1.54, 1.807) is 12.3 Å². The van der Waals surface area contributed by atoms with Crippen LogP contribution in [0.15, 0.2) is 60.8 Å². The second-order valence-electron chi connectivity index (χ2n) is 7.34. The molecular weight excluding hydrogens is 444 g/mol. The third-order valence-electron chi connectivity index (χ3n) is 4.98. The first kappa shape index (κ1) is 23.0. The van der Waals surface area contributed by atoms with Gasteiger partial charge in [-0.2, -0.15) is 0 Å². The summed E-state index contributed by atoms with van der Waals surface area (Å²) < 4.78 is 29.1. The molecule has 10 heteroatoms. The molecule has 4 aromatic rings. The maximum Gasteiger partial charge on any atom is 0.280 e. The SMILES string of the molecule is Nc1ccc(-c2cc(F)c(C(=O)NOCCO)c(F)c2)nc1NCc1ccc2ncccc2c1. The third-order valence-corrected chi connectivity index (χ3v) is 4.98. The number of pyridine rings is 2. The number of aliphatic hydroxyl groups is 1. The average Bonchev–Trinajstić information content (AvgIpc) is 2.83. The van der Waals surface area contributed by atoms with E-state index in [-0.39, 0.29) is 24.5 Å². The number of benzene rings is 2. The fraction of sp³-hybridized carbons (Fsp3) is 0.125. The molecule has 34 heavy (non-hydrogen) atoms. The van der Waals surface area contributed by atoms with Crippen molar-refractivity contribution in [3.63, 3.8) is 0 Å². The molecule has 0 aliphatic rings. The molecule has 0 saturated heterocycles. The Labute approximate surface area is 193 Å². The van der Waals surface area contributed by atoms with Crippen LogP contribution in [0.1, 0.15) is 15.9 Å². The first-order valence-electron chi connectivity index (χ1n) is 10.3. The van der Waals surface area contributed by atoms with Gasteiger partial charge >= 0.3 is 0 Å². The van der Waals surface area contributed by atoms with Crippen molar-refractivity contribution in [3.8, 4) is 11.3 Å². The van der Waals surface area contributed by atoms with E-state index < -0.39 is 23.1 Å². The molecule has 8 nitrogen and oxygen atoms in total. The standard InChI is InChI=1S/C24H21F2N5O3/c25-17-11-16(12-18(26)22(17)24(33)31-34-9-8-32)21-6-4-19(27)23(30-21)29-13-14-3-5-20-15(10-14)2-1-7-28-20/h1-7,10-12,32H,8-9,13,27H2,(H,29,30)(H,31,33). The summed E-state index contributed by atoms with van der Waals surface area (Å²) in [6.07, 6.45) is 1.73. The normalized spacial score (nSPS) is 10.9. The van der Waals surface area contributed by atoms with E-state index in [1.165, 1.54) is 6.07 Å². The van der Waals surface area contributed by atoms with Crippen molar-refractivity contribution in [3.05, 3.63) is 83.6 Å². The van der Waals surface area contributed by atoms with Crippen molar-refractivity contribution in [1.82, 2.24) is 15.4 Å². The third kappa shape index (κ3) is 5.08. The monoisotopic (exact) mass is 465 g/mol. The topological polar surface area (TPSA) is 122 Å². The maximum atomic E-state index is 14.6. The summed E-state index contributed by atoms with van der Waals surface area (Å²) in [5.41, 5.74) is 9.72. The number of aromatic nitrogens is 2. The number of nitrogen functional groups attached to an aromatic ring is 1. The Morgan fingerprint density at radius 1 is 1.09 bits per heavy atom. The molecular formula is C24H21F2N5O3. The van der Waals surface area contributed by atoms with Gasteiger partial charge < -0.3 is 16.2 Å². The highest BCUT2D eigenvalue weighted by Crippen LogP contribution is 2.27. The number of rotatable bonds is 8. The molecule has 0 unspecified atom stereocenters. The number of nitrogens with zero attached hydrogens (tertiary/aromatic N) is 2. The van der Waals surface area contributed by atoms with E-state index >= 15 is 0 Å². The average molecular weight is 465 g/mol. The molecule has 2 heterocycles. The number of fused-ring (bicyclic) bond motifs is 1. The van der Waals surface area contributed by atoms with Gasteiger partial charge in [0.2, 0.25) is 0 Å². The Balaban J connectivity index is 1.54. The Morgan fingerprint density at radius 2 is 1.88 bits per heavy atom. The molecule has 4 rings (SSSR count). The van der Waals surface area contributed by atoms with Gasteiger partial charge in [-0.3, -0.25) is 14.6 Å². The van der Waals surface area contributed by atoms with Crippen LogP contribution in [-0.2, 0) is 11.4 Å². The molecule has 0 bridgehead atoms. The van der Waals surface area contributed by atoms with Gasteiger partial charge in [0.15, 0.2) is 0 Å². The summed E-state index contributed by atoms with van der Waals surface area (Å²) in [6.45, 7) is -0.156. The summed E-state index contributed by atoms with van der Waals surface area (Å²) in [4.78, 5) is 25.3. The molecule has 0 aliphatic heterocycles. The highest BCUT2D eigenvalue weighted by molar-refractivity contribution is 5.94. The maximum absolute atomic E-state index is 14.6. The summed E-state index contributed by atoms with van der Waals surface area (Å²) in [5, 5.41) is 12.8. The van der Waals surface area contributed by atoms with Crippen LogP contribution in [0.2, 0.25) is 0 Å². The number of carbonyl (C=O) groups is 1. The predicted octanol–water partition coefficient (Wildman–Crippen LogP) is 3.42. The van der Waals surface area contributed by atoms with Gasteiger partial charge in [0.1, 0.15) is 23.0 Å². The Hall–Kier alpha value is -4.15. The number of amides is 1. The molecule has 0 saturated carbocycles. The molecule has 5 N–H and O–H groups in total. The smallest absolute Gasteiger partial charge is 0.280 e. The second-order valence-corrected chi connectivity index (χ2v) is 7.34. The number of anilines is 2. The summed E-state index contributed by atoms with van der Waals surface area (Å²) >= 11 is 0. The zero-order chi connectivity index (χ0) is 24.1. The zero-order valence-electron chi connectivity index (χ0n) is 17.9. The fourth-order valence-corrected chi connectivity index (χ4v) is 3.34. The number of hydroxylamine groups is 1. The summed E-state index contributed by atoms with van der Waals surface area (Å²) in [5.74, 6) is -2.92. The van der Waals surface area contributed by atoms with Crippen LogP contribution in [0.3, 0.4) is 0 Å². The van der Waals surface area contributed by atoms with Crippen molar-refractivity contribution in [2.24, 2.45) is 0 Å². The first-order valence-corrected chi connectivity index (χ1v) is 10.3. The lowest BCUT2D eigenvalue weighted by atomic mass is 10.1. The number of aliphatic hydroxyl groups excluding tert-OH is 1. The fourth-order valence-electron chi connectivity index (χ4n) is 3.34. The summed E-state index contributed by atoms with van der Waals surface area (Å²) in [6, 6.07) is 14.8. The number of halogens is 2. The van der Waals surface area contributed by atoms with Gasteiger partial charge in [0.25, 0.3) is 5.91 Å². The lowest BCUT2D eigenvalue weighted by Crippen LogP contribution is -2.27. The van der Waals surface area contributed by atoms with Crippen LogP contribution in [0.25, 0.3) is 22.2 Å². The highest BCUT2D eigenvalue weighted by atomic mass is 19.1. The number of nitrogens with one attached hydrogen (secondary N) is 2. The Bertz CT molecular complexity index is 1330. The number of hydrogen-bond donors (Lipinski definition) is 4. The van der Waals surface area contributed by atoms with Gasteiger partial charge in [-0.15, -0.1) is 0 Å². The highest BCUT2D eigenvalue weighted by Gasteiger charge is 2.20. The number of nitrogens with two attached hydrogens (primary N) is 1. The minimum atomic E-state index is -1.10. The van der Waals surface area contributed by atoms with Crippen LogP contribution in [-0.4, -0.2) is 34.2 Å². The van der Waals surface area contributed by atoms with Gasteiger partial charge in [0, 0.05) is 23.7 Å². The number of carbonyl (C=O) groups excluding carboxylic acids is 1. The Morgan fingerprint density at radius 3 is 2.65 bits per heavy atom. The van der Waals surface area contributed by atoms with Gasteiger partial charge in [-0.05, 0) is 48.0 Å². The van der Waals surface area contributed by atoms with Crippen LogP contribution in [0.5, 0.6) is 0 Å². The van der Waals surface area contributed by atoms with Crippen molar-refractivity contribution in [2.75, 3.05) is 24.3 Å². The van der Waals surface area contributed by atoms with E-state index in [4.69, 9.17) is 10.8 Å². The lowest BCUT2D eigenvalue weighted by Gasteiger charge is -2.12. The van der Waals surface area contributed by atoms with Crippen molar-refractivity contribution in [1.29, 1.82) is 0 Å². The minimum absolute atomic E-state index is 0.127. The second kappa shape index (κ2) is 10.2. The van der Waals surface area contributed by atoms with Crippen molar-refractivity contribution >= 4 is 28.3 Å². The van der Waals surface area contributed by atoms with Crippen molar-refractivity contribution in [2.45, 2.75) is 6.54 Å².